The Labute approximate surface area is 134 Å². The molecule has 0 saturated heterocycles. The lowest BCUT2D eigenvalue weighted by molar-refractivity contribution is -0.144. The van der Waals surface area contributed by atoms with Crippen LogP contribution in [0.2, 0.25) is 0 Å². The Kier molecular flexibility index (Phi) is 5.78. The summed E-state index contributed by atoms with van der Waals surface area (Å²) in [6.45, 7) is 3.53. The zero-order valence-corrected chi connectivity index (χ0v) is 12.4. The summed E-state index contributed by atoms with van der Waals surface area (Å²) in [5, 5.41) is 8.73. The van der Waals surface area contributed by atoms with E-state index in [4.69, 9.17) is 19.5 Å². The van der Waals surface area contributed by atoms with Gasteiger partial charge in [0.2, 0.25) is 6.79 Å². The van der Waals surface area contributed by atoms with Gasteiger partial charge in [0.1, 0.15) is 18.1 Å². The molecule has 5 heteroatoms. The smallest absolute Gasteiger partial charge is 0.333 e. The molecule has 116 valence electrons. The third-order valence-corrected chi connectivity index (χ3v) is 2.91. The molecule has 2 rings (SSSR count). The van der Waals surface area contributed by atoms with Gasteiger partial charge in [-0.25, -0.2) is 4.79 Å². The van der Waals surface area contributed by atoms with E-state index in [2.05, 4.69) is 12.6 Å². The van der Waals surface area contributed by atoms with Crippen LogP contribution in [0.15, 0.2) is 61.2 Å². The first-order chi connectivity index (χ1) is 11.2. The minimum absolute atomic E-state index is 0.161. The molecule has 2 aromatic rings. The minimum Gasteiger partial charge on any atom is -0.489 e. The summed E-state index contributed by atoms with van der Waals surface area (Å²) in [7, 11) is 0. The molecule has 0 N–H and O–H groups in total. The van der Waals surface area contributed by atoms with Crippen LogP contribution in [0.5, 0.6) is 11.5 Å². The summed E-state index contributed by atoms with van der Waals surface area (Å²) in [5.41, 5.74) is 1.56. The highest BCUT2D eigenvalue weighted by molar-refractivity contribution is 5.81. The maximum absolute atomic E-state index is 10.9. The quantitative estimate of drug-likeness (QED) is 0.446. The molecule has 0 saturated carbocycles. The lowest BCUT2D eigenvalue weighted by Gasteiger charge is -2.08. The van der Waals surface area contributed by atoms with E-state index < -0.39 is 5.97 Å². The van der Waals surface area contributed by atoms with Gasteiger partial charge >= 0.3 is 5.97 Å². The van der Waals surface area contributed by atoms with Crippen LogP contribution in [0.1, 0.15) is 11.1 Å². The fourth-order valence-corrected chi connectivity index (χ4v) is 1.69. The monoisotopic (exact) mass is 309 g/mol. The average Bonchev–Trinajstić information content (AvgIpc) is 2.61. The molecule has 0 radical (unpaired) electrons. The average molecular weight is 309 g/mol. The second kappa shape index (κ2) is 8.25. The number of rotatable bonds is 7. The molecular formula is C18H15NO4. The van der Waals surface area contributed by atoms with Crippen LogP contribution < -0.4 is 9.47 Å². The molecule has 0 atom stereocenters. The number of esters is 1. The van der Waals surface area contributed by atoms with E-state index in [1.165, 1.54) is 0 Å². The van der Waals surface area contributed by atoms with E-state index in [1.807, 2.05) is 12.1 Å². The summed E-state index contributed by atoms with van der Waals surface area (Å²) >= 11 is 0. The van der Waals surface area contributed by atoms with Crippen LogP contribution in [0, 0.1) is 11.3 Å². The van der Waals surface area contributed by atoms with Gasteiger partial charge in [0.15, 0.2) is 0 Å². The van der Waals surface area contributed by atoms with E-state index >= 15 is 0 Å². The van der Waals surface area contributed by atoms with Crippen molar-refractivity contribution in [1.29, 1.82) is 5.26 Å². The van der Waals surface area contributed by atoms with E-state index in [9.17, 15) is 4.79 Å². The molecule has 0 heterocycles. The molecule has 0 amide bonds. The number of benzene rings is 2. The van der Waals surface area contributed by atoms with Crippen LogP contribution >= 0.6 is 0 Å². The highest BCUT2D eigenvalue weighted by Gasteiger charge is 2.00. The van der Waals surface area contributed by atoms with Crippen molar-refractivity contribution in [3.8, 4) is 17.6 Å². The third-order valence-electron chi connectivity index (χ3n) is 2.91. The van der Waals surface area contributed by atoms with Gasteiger partial charge < -0.3 is 14.2 Å². The van der Waals surface area contributed by atoms with Crippen molar-refractivity contribution in [2.45, 2.75) is 6.61 Å². The number of carbonyl (C=O) groups is 1. The molecule has 0 bridgehead atoms. The minimum atomic E-state index is -0.530. The first kappa shape index (κ1) is 16.1. The largest absolute Gasteiger partial charge is 0.489 e. The van der Waals surface area contributed by atoms with Crippen LogP contribution in [0.4, 0.5) is 0 Å². The van der Waals surface area contributed by atoms with Gasteiger partial charge in [-0.05, 0) is 42.0 Å². The van der Waals surface area contributed by atoms with Crippen molar-refractivity contribution < 1.29 is 19.0 Å². The number of carbonyl (C=O) groups excluding carboxylic acids is 1. The summed E-state index contributed by atoms with van der Waals surface area (Å²) in [6, 6.07) is 16.2. The van der Waals surface area contributed by atoms with Crippen LogP contribution in [0.25, 0.3) is 0 Å². The van der Waals surface area contributed by atoms with Crippen molar-refractivity contribution in [2.75, 3.05) is 6.79 Å². The fraction of sp³-hybridized carbons (Fsp3) is 0.111. The normalized spacial score (nSPS) is 9.52. The van der Waals surface area contributed by atoms with Gasteiger partial charge in [-0.3, -0.25) is 0 Å². The summed E-state index contributed by atoms with van der Waals surface area (Å²) in [5.74, 6) is 0.752. The number of hydrogen-bond acceptors (Lipinski definition) is 5. The molecular weight excluding hydrogens is 294 g/mol. The number of hydrogen-bond donors (Lipinski definition) is 0. The van der Waals surface area contributed by atoms with E-state index in [-0.39, 0.29) is 6.79 Å². The molecule has 0 spiro atoms. The van der Waals surface area contributed by atoms with E-state index in [0.717, 1.165) is 11.6 Å². The van der Waals surface area contributed by atoms with Crippen molar-refractivity contribution >= 4 is 5.97 Å². The molecule has 0 aliphatic heterocycles. The summed E-state index contributed by atoms with van der Waals surface area (Å²) < 4.78 is 15.6. The van der Waals surface area contributed by atoms with Crippen molar-refractivity contribution in [3.05, 3.63) is 72.3 Å². The van der Waals surface area contributed by atoms with Crippen molar-refractivity contribution in [3.63, 3.8) is 0 Å². The molecule has 2 aromatic carbocycles. The SMILES string of the molecule is C=CC(=O)OCOc1ccc(COc2ccc(C#N)cc2)cc1. The molecule has 0 aliphatic carbocycles. The van der Waals surface area contributed by atoms with Gasteiger partial charge in [0, 0.05) is 6.08 Å². The second-order valence-corrected chi connectivity index (χ2v) is 4.50. The van der Waals surface area contributed by atoms with Gasteiger partial charge in [-0.1, -0.05) is 18.7 Å². The zero-order chi connectivity index (χ0) is 16.5. The first-order valence-electron chi connectivity index (χ1n) is 6.85. The van der Waals surface area contributed by atoms with Crippen LogP contribution in [0.3, 0.4) is 0 Å². The maximum atomic E-state index is 10.9. The van der Waals surface area contributed by atoms with Gasteiger partial charge in [0.05, 0.1) is 11.6 Å². The van der Waals surface area contributed by atoms with Crippen LogP contribution in [-0.4, -0.2) is 12.8 Å². The highest BCUT2D eigenvalue weighted by atomic mass is 16.7. The first-order valence-corrected chi connectivity index (χ1v) is 6.85. The highest BCUT2D eigenvalue weighted by Crippen LogP contribution is 2.16. The van der Waals surface area contributed by atoms with Crippen molar-refractivity contribution in [1.82, 2.24) is 0 Å². The Hall–Kier alpha value is -3.26. The summed E-state index contributed by atoms with van der Waals surface area (Å²) in [4.78, 5) is 10.9. The van der Waals surface area contributed by atoms with E-state index in [1.54, 1.807) is 36.4 Å². The molecule has 23 heavy (non-hydrogen) atoms. The zero-order valence-electron chi connectivity index (χ0n) is 12.4. The lowest BCUT2D eigenvalue weighted by atomic mass is 10.2. The Bertz CT molecular complexity index is 699. The molecule has 0 unspecified atom stereocenters. The Morgan fingerprint density at radius 3 is 2.26 bits per heavy atom. The topological polar surface area (TPSA) is 68.6 Å². The van der Waals surface area contributed by atoms with E-state index in [0.29, 0.717) is 23.7 Å². The number of ether oxygens (including phenoxy) is 3. The van der Waals surface area contributed by atoms with Gasteiger partial charge in [0.25, 0.3) is 0 Å². The molecule has 5 nitrogen and oxygen atoms in total. The second-order valence-electron chi connectivity index (χ2n) is 4.50. The fourth-order valence-electron chi connectivity index (χ4n) is 1.69. The maximum Gasteiger partial charge on any atom is 0.333 e. The Morgan fingerprint density at radius 2 is 1.65 bits per heavy atom. The molecule has 0 fully saturated rings. The van der Waals surface area contributed by atoms with Crippen LogP contribution in [-0.2, 0) is 16.1 Å². The van der Waals surface area contributed by atoms with Gasteiger partial charge in [-0.2, -0.15) is 5.26 Å². The van der Waals surface area contributed by atoms with Crippen molar-refractivity contribution in [2.24, 2.45) is 0 Å². The number of nitrogens with zero attached hydrogens (tertiary/aromatic N) is 1. The predicted octanol–water partition coefficient (Wildman–Crippen LogP) is 3.20. The standard InChI is InChI=1S/C18H15NO4/c1-2-18(20)23-13-22-17-9-5-15(6-10-17)12-21-16-7-3-14(11-19)4-8-16/h2-10H,1,12-13H2. The third kappa shape index (κ3) is 5.21. The lowest BCUT2D eigenvalue weighted by Crippen LogP contribution is -2.07. The molecule has 0 aliphatic rings. The summed E-state index contributed by atoms with van der Waals surface area (Å²) in [6.07, 6.45) is 1.08. The van der Waals surface area contributed by atoms with Gasteiger partial charge in [-0.15, -0.1) is 0 Å². The predicted molar refractivity (Wildman–Crippen MR) is 83.7 cm³/mol. The number of nitriles is 1. The Morgan fingerprint density at radius 1 is 1.04 bits per heavy atom. The molecule has 0 aromatic heterocycles. The Balaban J connectivity index is 1.81.